The van der Waals surface area contributed by atoms with Gasteiger partial charge in [0.2, 0.25) is 17.7 Å². The standard InChI is InChI=1S/C32H46N6O3/c1-3-21(2)27(30(41)38-17-15-32(16-18-38)14-13-23-11-7-8-12-24(23)32)37-28(39)25(19-22-9-5-4-6-10-22)35-29(40)26-20-34-31(33)36-26/h7-8,11-14,21-22,25-27H,3-6,9-10,15-20H2,1-2H3,(H,35,40)(H,37,39)(H3,33,34,36)/t21-,25-,26-,27-/m0/s1. The van der Waals surface area contributed by atoms with Gasteiger partial charge < -0.3 is 26.6 Å². The highest BCUT2D eigenvalue weighted by Crippen LogP contribution is 2.43. The van der Waals surface area contributed by atoms with Crippen molar-refractivity contribution in [3.63, 3.8) is 0 Å². The van der Waals surface area contributed by atoms with Gasteiger partial charge in [-0.05, 0) is 42.2 Å². The molecule has 41 heavy (non-hydrogen) atoms. The molecule has 2 heterocycles. The second-order valence-electron chi connectivity index (χ2n) is 12.5. The fourth-order valence-electron chi connectivity index (χ4n) is 7.00. The number of likely N-dealkylation sites (tertiary alicyclic amines) is 1. The fourth-order valence-corrected chi connectivity index (χ4v) is 7.00. The Morgan fingerprint density at radius 1 is 1.12 bits per heavy atom. The van der Waals surface area contributed by atoms with Crippen molar-refractivity contribution in [2.75, 3.05) is 19.6 Å². The second kappa shape index (κ2) is 12.7. The van der Waals surface area contributed by atoms with Crippen LogP contribution in [0.4, 0.5) is 0 Å². The number of hydrogen-bond acceptors (Lipinski definition) is 6. The molecule has 4 aliphatic rings. The number of aliphatic imine (C=N–C) groups is 1. The molecule has 2 fully saturated rings. The fraction of sp³-hybridized carbons (Fsp3) is 0.625. The molecule has 5 rings (SSSR count). The first kappa shape index (κ1) is 29.1. The molecule has 0 unspecified atom stereocenters. The molecule has 4 atom stereocenters. The number of piperidine rings is 1. The van der Waals surface area contributed by atoms with Crippen LogP contribution >= 0.6 is 0 Å². The minimum absolute atomic E-state index is 0.0150. The smallest absolute Gasteiger partial charge is 0.247 e. The maximum Gasteiger partial charge on any atom is 0.247 e. The van der Waals surface area contributed by atoms with Crippen molar-refractivity contribution >= 4 is 29.8 Å². The molecule has 0 radical (unpaired) electrons. The summed E-state index contributed by atoms with van der Waals surface area (Å²) in [5.41, 5.74) is 8.32. The number of fused-ring (bicyclic) bond motifs is 2. The highest BCUT2D eigenvalue weighted by Gasteiger charge is 2.41. The third-order valence-electron chi connectivity index (χ3n) is 9.82. The van der Waals surface area contributed by atoms with Gasteiger partial charge in [-0.1, -0.05) is 88.8 Å². The van der Waals surface area contributed by atoms with Gasteiger partial charge in [0.05, 0.1) is 0 Å². The number of hydrogen-bond donors (Lipinski definition) is 4. The number of nitrogens with one attached hydrogen (secondary N) is 3. The Hall–Kier alpha value is -3.36. The van der Waals surface area contributed by atoms with Crippen molar-refractivity contribution in [3.8, 4) is 0 Å². The van der Waals surface area contributed by atoms with Crippen LogP contribution in [0.5, 0.6) is 0 Å². The van der Waals surface area contributed by atoms with Gasteiger partial charge in [0.15, 0.2) is 5.96 Å². The molecule has 1 aromatic rings. The van der Waals surface area contributed by atoms with Gasteiger partial charge in [-0.15, -0.1) is 0 Å². The molecule has 2 aliphatic heterocycles. The van der Waals surface area contributed by atoms with E-state index in [1.807, 2.05) is 18.7 Å². The molecular weight excluding hydrogens is 516 g/mol. The third kappa shape index (κ3) is 6.44. The lowest BCUT2D eigenvalue weighted by Crippen LogP contribution is -2.58. The van der Waals surface area contributed by atoms with E-state index < -0.39 is 18.1 Å². The van der Waals surface area contributed by atoms with Crippen LogP contribution in [-0.4, -0.2) is 66.3 Å². The summed E-state index contributed by atoms with van der Waals surface area (Å²) in [7, 11) is 0. The molecular formula is C32H46N6O3. The summed E-state index contributed by atoms with van der Waals surface area (Å²) in [5.74, 6) is -0.0609. The van der Waals surface area contributed by atoms with E-state index in [1.54, 1.807) is 0 Å². The Morgan fingerprint density at radius 2 is 1.85 bits per heavy atom. The minimum Gasteiger partial charge on any atom is -0.370 e. The van der Waals surface area contributed by atoms with Gasteiger partial charge >= 0.3 is 0 Å². The highest BCUT2D eigenvalue weighted by molar-refractivity contribution is 5.95. The molecule has 1 saturated carbocycles. The number of carbonyl (C=O) groups excluding carboxylic acids is 3. The first-order chi connectivity index (χ1) is 19.8. The maximum atomic E-state index is 13.9. The molecule has 9 heteroatoms. The van der Waals surface area contributed by atoms with E-state index in [1.165, 1.54) is 17.5 Å². The van der Waals surface area contributed by atoms with Crippen LogP contribution in [0.2, 0.25) is 0 Å². The second-order valence-corrected chi connectivity index (χ2v) is 12.5. The number of guanidine groups is 1. The van der Waals surface area contributed by atoms with Gasteiger partial charge in [-0.25, -0.2) is 4.99 Å². The minimum atomic E-state index is -0.716. The molecule has 5 N–H and O–H groups in total. The lowest BCUT2D eigenvalue weighted by Gasteiger charge is -2.41. The van der Waals surface area contributed by atoms with Crippen LogP contribution in [-0.2, 0) is 19.8 Å². The Balaban J connectivity index is 1.26. The first-order valence-corrected chi connectivity index (χ1v) is 15.5. The van der Waals surface area contributed by atoms with Crippen molar-refractivity contribution < 1.29 is 14.4 Å². The van der Waals surface area contributed by atoms with E-state index >= 15 is 0 Å². The molecule has 2 aliphatic carbocycles. The van der Waals surface area contributed by atoms with Crippen molar-refractivity contribution in [1.82, 2.24) is 20.9 Å². The van der Waals surface area contributed by atoms with Crippen LogP contribution < -0.4 is 21.7 Å². The average Bonchev–Trinajstić information content (AvgIpc) is 3.59. The lowest BCUT2D eigenvalue weighted by molar-refractivity contribution is -0.140. The number of nitrogens with zero attached hydrogens (tertiary/aromatic N) is 2. The zero-order chi connectivity index (χ0) is 29.0. The summed E-state index contributed by atoms with van der Waals surface area (Å²) in [6, 6.07) is 6.51. The molecule has 1 spiro atoms. The normalized spacial score (nSPS) is 23.7. The average molecular weight is 563 g/mol. The van der Waals surface area contributed by atoms with Gasteiger partial charge in [0.25, 0.3) is 0 Å². The molecule has 3 amide bonds. The predicted octanol–water partition coefficient (Wildman–Crippen LogP) is 2.85. The van der Waals surface area contributed by atoms with Crippen molar-refractivity contribution in [3.05, 3.63) is 41.5 Å². The number of allylic oxidation sites excluding steroid dienone is 1. The lowest BCUT2D eigenvalue weighted by atomic mass is 9.74. The number of rotatable bonds is 9. The van der Waals surface area contributed by atoms with Crippen LogP contribution in [0.1, 0.15) is 82.8 Å². The molecule has 0 aromatic heterocycles. The Kier molecular flexibility index (Phi) is 9.00. The zero-order valence-electron chi connectivity index (χ0n) is 24.5. The van der Waals surface area contributed by atoms with Crippen LogP contribution in [0.25, 0.3) is 6.08 Å². The Labute approximate surface area is 243 Å². The maximum absolute atomic E-state index is 13.9. The SMILES string of the molecule is CC[C@H](C)[C@H](NC(=O)[C@H](CC1CCCCC1)NC(=O)[C@@H]1CNC(N)=N1)C(=O)N1CCC2(C=Cc3ccccc32)CC1. The van der Waals surface area contributed by atoms with Gasteiger partial charge in [0.1, 0.15) is 18.1 Å². The Morgan fingerprint density at radius 3 is 2.54 bits per heavy atom. The summed E-state index contributed by atoms with van der Waals surface area (Å²) in [6.07, 6.45) is 13.2. The van der Waals surface area contributed by atoms with E-state index in [0.717, 1.165) is 44.9 Å². The van der Waals surface area contributed by atoms with Gasteiger partial charge in [0, 0.05) is 25.0 Å². The third-order valence-corrected chi connectivity index (χ3v) is 9.82. The van der Waals surface area contributed by atoms with Crippen molar-refractivity contribution in [1.29, 1.82) is 0 Å². The van der Waals surface area contributed by atoms with Crippen LogP contribution in [0, 0.1) is 11.8 Å². The number of carbonyl (C=O) groups is 3. The molecule has 1 aromatic carbocycles. The van der Waals surface area contributed by atoms with E-state index in [-0.39, 0.29) is 35.0 Å². The summed E-state index contributed by atoms with van der Waals surface area (Å²) < 4.78 is 0. The Bertz CT molecular complexity index is 1180. The van der Waals surface area contributed by atoms with E-state index in [0.29, 0.717) is 32.0 Å². The quantitative estimate of drug-likeness (QED) is 0.368. The number of nitrogens with two attached hydrogens (primary N) is 1. The summed E-state index contributed by atoms with van der Waals surface area (Å²) in [4.78, 5) is 46.9. The van der Waals surface area contributed by atoms with E-state index in [2.05, 4.69) is 57.4 Å². The van der Waals surface area contributed by atoms with Gasteiger partial charge in [-0.3, -0.25) is 14.4 Å². The van der Waals surface area contributed by atoms with E-state index in [4.69, 9.17) is 5.73 Å². The van der Waals surface area contributed by atoms with E-state index in [9.17, 15) is 14.4 Å². The first-order valence-electron chi connectivity index (χ1n) is 15.5. The van der Waals surface area contributed by atoms with Crippen LogP contribution in [0.3, 0.4) is 0 Å². The topological polar surface area (TPSA) is 129 Å². The number of benzene rings is 1. The monoisotopic (exact) mass is 562 g/mol. The van der Waals surface area contributed by atoms with Crippen LogP contribution in [0.15, 0.2) is 35.3 Å². The summed E-state index contributed by atoms with van der Waals surface area (Å²) in [5, 5.41) is 8.94. The molecule has 0 bridgehead atoms. The van der Waals surface area contributed by atoms with Crippen molar-refractivity contribution in [2.45, 2.75) is 95.2 Å². The van der Waals surface area contributed by atoms with Gasteiger partial charge in [-0.2, -0.15) is 0 Å². The molecule has 9 nitrogen and oxygen atoms in total. The molecule has 1 saturated heterocycles. The number of amides is 3. The largest absolute Gasteiger partial charge is 0.370 e. The zero-order valence-corrected chi connectivity index (χ0v) is 24.5. The molecule has 222 valence electrons. The summed E-state index contributed by atoms with van der Waals surface area (Å²) in [6.45, 7) is 5.67. The highest BCUT2D eigenvalue weighted by atomic mass is 16.2. The predicted molar refractivity (Wildman–Crippen MR) is 161 cm³/mol. The van der Waals surface area contributed by atoms with Crippen molar-refractivity contribution in [2.24, 2.45) is 22.6 Å². The summed E-state index contributed by atoms with van der Waals surface area (Å²) >= 11 is 0.